The molecule has 1 saturated heterocycles. The van der Waals surface area contributed by atoms with E-state index in [1.165, 1.54) is 0 Å². The molecule has 166 valence electrons. The van der Waals surface area contributed by atoms with Crippen molar-refractivity contribution in [3.05, 3.63) is 53.5 Å². The average Bonchev–Trinajstić information content (AvgIpc) is 3.51. The van der Waals surface area contributed by atoms with E-state index in [4.69, 9.17) is 4.74 Å². The lowest BCUT2D eigenvalue weighted by Crippen LogP contribution is -2.50. The van der Waals surface area contributed by atoms with Gasteiger partial charge < -0.3 is 14.5 Å². The fraction of sp³-hybridized carbons (Fsp3) is 0.391. The molecule has 1 fully saturated rings. The number of nitrogens with zero attached hydrogens (tertiary/aromatic N) is 5. The van der Waals surface area contributed by atoms with Crippen LogP contribution in [0.1, 0.15) is 39.5 Å². The third-order valence-electron chi connectivity index (χ3n) is 6.18. The summed E-state index contributed by atoms with van der Waals surface area (Å²) in [5.41, 5.74) is 3.55. The molecule has 32 heavy (non-hydrogen) atoms. The van der Waals surface area contributed by atoms with Gasteiger partial charge in [-0.1, -0.05) is 12.1 Å². The van der Waals surface area contributed by atoms with Crippen molar-refractivity contribution in [3.8, 4) is 17.0 Å². The Balaban J connectivity index is 1.23. The number of carbonyl (C=O) groups excluding carboxylic acids is 2. The molecule has 0 bridgehead atoms. The number of aromatic amines is 1. The normalized spacial score (nSPS) is 16.0. The van der Waals surface area contributed by atoms with Gasteiger partial charge in [0.25, 0.3) is 11.8 Å². The number of H-pyrrole nitrogens is 1. The summed E-state index contributed by atoms with van der Waals surface area (Å²) in [6.45, 7) is 2.80. The minimum atomic E-state index is -0.122. The first-order valence-corrected chi connectivity index (χ1v) is 11.0. The summed E-state index contributed by atoms with van der Waals surface area (Å²) in [6, 6.07) is 11.2. The average molecular weight is 435 g/mol. The first-order chi connectivity index (χ1) is 15.6. The number of aryl methyl sites for hydroxylation is 2. The highest BCUT2D eigenvalue weighted by Crippen LogP contribution is 2.28. The van der Waals surface area contributed by atoms with Crippen molar-refractivity contribution in [1.82, 2.24) is 29.8 Å². The number of amides is 2. The zero-order chi connectivity index (χ0) is 22.1. The van der Waals surface area contributed by atoms with Crippen molar-refractivity contribution in [2.45, 2.75) is 25.8 Å². The summed E-state index contributed by atoms with van der Waals surface area (Å²) in [5.74, 6) is 0.522. The molecule has 9 nitrogen and oxygen atoms in total. The van der Waals surface area contributed by atoms with Gasteiger partial charge in [0.2, 0.25) is 0 Å². The van der Waals surface area contributed by atoms with E-state index < -0.39 is 0 Å². The van der Waals surface area contributed by atoms with E-state index in [0.29, 0.717) is 49.0 Å². The number of aromatic nitrogens is 4. The molecule has 2 amide bonds. The summed E-state index contributed by atoms with van der Waals surface area (Å²) in [6.07, 6.45) is 3.23. The third-order valence-corrected chi connectivity index (χ3v) is 6.18. The highest BCUT2D eigenvalue weighted by molar-refractivity contribution is 5.95. The highest BCUT2D eigenvalue weighted by Gasteiger charge is 2.28. The van der Waals surface area contributed by atoms with E-state index in [2.05, 4.69) is 15.3 Å². The molecule has 1 N–H and O–H groups in total. The standard InChI is InChI=1S/C23H26N6O3/c1-32-21-8-3-2-7-17(21)18-15-19(25-24-18)22(30)27-10-12-28(13-11-27)23(31)20-14-16-6-4-5-9-29(16)26-20/h2-3,7-8,14-15H,4-6,9-13H2,1H3,(H,24,25). The smallest absolute Gasteiger partial charge is 0.274 e. The van der Waals surface area contributed by atoms with E-state index in [1.807, 2.05) is 35.0 Å². The van der Waals surface area contributed by atoms with Gasteiger partial charge in [0.1, 0.15) is 11.4 Å². The van der Waals surface area contributed by atoms with Crippen molar-refractivity contribution < 1.29 is 14.3 Å². The van der Waals surface area contributed by atoms with Gasteiger partial charge in [0, 0.05) is 44.0 Å². The predicted molar refractivity (Wildman–Crippen MR) is 118 cm³/mol. The monoisotopic (exact) mass is 434 g/mol. The van der Waals surface area contributed by atoms with Gasteiger partial charge in [-0.15, -0.1) is 0 Å². The van der Waals surface area contributed by atoms with Gasteiger partial charge in [-0.25, -0.2) is 0 Å². The van der Waals surface area contributed by atoms with Crippen LogP contribution in [0.2, 0.25) is 0 Å². The number of nitrogens with one attached hydrogen (secondary N) is 1. The van der Waals surface area contributed by atoms with Crippen LogP contribution in [0.4, 0.5) is 0 Å². The summed E-state index contributed by atoms with van der Waals surface area (Å²) in [7, 11) is 1.61. The Labute approximate surface area is 186 Å². The molecule has 3 aromatic rings. The Morgan fingerprint density at radius 2 is 1.72 bits per heavy atom. The Kier molecular flexibility index (Phi) is 5.38. The molecule has 0 radical (unpaired) electrons. The number of fused-ring (bicyclic) bond motifs is 1. The fourth-order valence-electron chi connectivity index (χ4n) is 4.39. The van der Waals surface area contributed by atoms with E-state index in [0.717, 1.165) is 37.1 Å². The summed E-state index contributed by atoms with van der Waals surface area (Å²) < 4.78 is 7.34. The number of ether oxygens (including phenoxy) is 1. The maximum absolute atomic E-state index is 13.0. The molecule has 9 heteroatoms. The lowest BCUT2D eigenvalue weighted by Gasteiger charge is -2.34. The van der Waals surface area contributed by atoms with Crippen molar-refractivity contribution in [1.29, 1.82) is 0 Å². The maximum Gasteiger partial charge on any atom is 0.274 e. The highest BCUT2D eigenvalue weighted by atomic mass is 16.5. The van der Waals surface area contributed by atoms with E-state index in [-0.39, 0.29) is 11.8 Å². The van der Waals surface area contributed by atoms with Crippen LogP contribution >= 0.6 is 0 Å². The van der Waals surface area contributed by atoms with E-state index in [9.17, 15) is 9.59 Å². The second-order valence-electron chi connectivity index (χ2n) is 8.15. The Bertz CT molecular complexity index is 1120. The zero-order valence-corrected chi connectivity index (χ0v) is 18.1. The summed E-state index contributed by atoms with van der Waals surface area (Å²) in [4.78, 5) is 29.4. The number of benzene rings is 1. The van der Waals surface area contributed by atoms with Crippen LogP contribution in [0.5, 0.6) is 5.75 Å². The Morgan fingerprint density at radius 1 is 0.969 bits per heavy atom. The number of methoxy groups -OCH3 is 1. The SMILES string of the molecule is COc1ccccc1-c1cc(C(=O)N2CCN(C(=O)c3cc4n(n3)CCCC4)CC2)[nH]n1. The lowest BCUT2D eigenvalue weighted by atomic mass is 10.1. The molecule has 2 aliphatic heterocycles. The van der Waals surface area contributed by atoms with Crippen LogP contribution in [-0.4, -0.2) is 74.9 Å². The minimum absolute atomic E-state index is 0.0565. The molecule has 4 heterocycles. The Morgan fingerprint density at radius 3 is 2.47 bits per heavy atom. The molecule has 0 saturated carbocycles. The lowest BCUT2D eigenvalue weighted by molar-refractivity contribution is 0.0528. The first kappa shape index (κ1) is 20.3. The number of hydrogen-bond acceptors (Lipinski definition) is 5. The van der Waals surface area contributed by atoms with Crippen LogP contribution < -0.4 is 4.74 Å². The van der Waals surface area contributed by atoms with Crippen molar-refractivity contribution >= 4 is 11.8 Å². The predicted octanol–water partition coefficient (Wildman–Crippen LogP) is 2.22. The van der Waals surface area contributed by atoms with Gasteiger partial charge in [-0.05, 0) is 43.5 Å². The number of carbonyl (C=O) groups is 2. The number of rotatable bonds is 4. The number of para-hydroxylation sites is 1. The molecule has 0 unspecified atom stereocenters. The van der Waals surface area contributed by atoms with Crippen LogP contribution in [-0.2, 0) is 13.0 Å². The van der Waals surface area contributed by atoms with Gasteiger partial charge in [0.15, 0.2) is 5.69 Å². The van der Waals surface area contributed by atoms with Gasteiger partial charge >= 0.3 is 0 Å². The summed E-state index contributed by atoms with van der Waals surface area (Å²) >= 11 is 0. The third kappa shape index (κ3) is 3.74. The van der Waals surface area contributed by atoms with Crippen molar-refractivity contribution in [3.63, 3.8) is 0 Å². The van der Waals surface area contributed by atoms with Crippen LogP contribution in [0.15, 0.2) is 36.4 Å². The van der Waals surface area contributed by atoms with Gasteiger partial charge in [0.05, 0.1) is 12.8 Å². The molecule has 1 aromatic carbocycles. The van der Waals surface area contributed by atoms with Gasteiger partial charge in [-0.2, -0.15) is 10.2 Å². The fourth-order valence-corrected chi connectivity index (χ4v) is 4.39. The van der Waals surface area contributed by atoms with E-state index in [1.54, 1.807) is 23.0 Å². The number of hydrogen-bond donors (Lipinski definition) is 1. The molecule has 2 aromatic heterocycles. The van der Waals surface area contributed by atoms with Crippen LogP contribution in [0.3, 0.4) is 0 Å². The second-order valence-corrected chi connectivity index (χ2v) is 8.15. The van der Waals surface area contributed by atoms with Crippen molar-refractivity contribution in [2.24, 2.45) is 0 Å². The molecular weight excluding hydrogens is 408 g/mol. The van der Waals surface area contributed by atoms with Crippen molar-refractivity contribution in [2.75, 3.05) is 33.3 Å². The van der Waals surface area contributed by atoms with Gasteiger partial charge in [-0.3, -0.25) is 19.4 Å². The molecule has 0 atom stereocenters. The maximum atomic E-state index is 13.0. The molecule has 5 rings (SSSR count). The molecule has 0 aliphatic carbocycles. The quantitative estimate of drug-likeness (QED) is 0.679. The minimum Gasteiger partial charge on any atom is -0.496 e. The molecule has 0 spiro atoms. The van der Waals surface area contributed by atoms with Crippen LogP contribution in [0, 0.1) is 0 Å². The second kappa shape index (κ2) is 8.49. The summed E-state index contributed by atoms with van der Waals surface area (Å²) in [5, 5.41) is 11.6. The molecular formula is C23H26N6O3. The van der Waals surface area contributed by atoms with Crippen LogP contribution in [0.25, 0.3) is 11.3 Å². The van der Waals surface area contributed by atoms with E-state index >= 15 is 0 Å². The zero-order valence-electron chi connectivity index (χ0n) is 18.1. The number of piperazine rings is 1. The topological polar surface area (TPSA) is 96.4 Å². The first-order valence-electron chi connectivity index (χ1n) is 11.0. The largest absolute Gasteiger partial charge is 0.496 e. The molecule has 2 aliphatic rings. The Hall–Kier alpha value is -3.62.